The zero-order valence-corrected chi connectivity index (χ0v) is 22.4. The topological polar surface area (TPSA) is 101 Å². The highest BCUT2D eigenvalue weighted by molar-refractivity contribution is 7.08. The van der Waals surface area contributed by atoms with Crippen LogP contribution in [0.15, 0.2) is 47.2 Å². The molecule has 3 aromatic rings. The molecule has 2 aromatic heterocycles. The molecule has 2 aliphatic carbocycles. The van der Waals surface area contributed by atoms with Gasteiger partial charge in [-0.05, 0) is 84.9 Å². The van der Waals surface area contributed by atoms with Crippen molar-refractivity contribution in [3.8, 4) is 22.4 Å². The van der Waals surface area contributed by atoms with E-state index < -0.39 is 0 Å². The second kappa shape index (κ2) is 10.7. The highest BCUT2D eigenvalue weighted by Crippen LogP contribution is 2.40. The molecule has 8 heteroatoms. The van der Waals surface area contributed by atoms with Gasteiger partial charge < -0.3 is 16.0 Å². The molecule has 2 fully saturated rings. The van der Waals surface area contributed by atoms with Gasteiger partial charge >= 0.3 is 0 Å². The van der Waals surface area contributed by atoms with Crippen LogP contribution in [0.4, 0.5) is 5.82 Å². The van der Waals surface area contributed by atoms with E-state index in [1.165, 1.54) is 12.0 Å². The Kier molecular flexibility index (Phi) is 7.40. The number of thiophene rings is 1. The lowest BCUT2D eigenvalue weighted by Gasteiger charge is -2.38. The molecule has 37 heavy (non-hydrogen) atoms. The molecule has 0 bridgehead atoms. The average Bonchev–Trinajstić information content (AvgIpc) is 3.42. The summed E-state index contributed by atoms with van der Waals surface area (Å²) < 4.78 is 0. The van der Waals surface area contributed by atoms with E-state index in [0.717, 1.165) is 60.9 Å². The molecule has 2 saturated carbocycles. The van der Waals surface area contributed by atoms with Gasteiger partial charge in [-0.15, -0.1) is 10.2 Å². The minimum absolute atomic E-state index is 0.0419. The summed E-state index contributed by atoms with van der Waals surface area (Å²) in [5.74, 6) is 0.842. The Morgan fingerprint density at radius 1 is 1.08 bits per heavy atom. The minimum Gasteiger partial charge on any atom is -0.343 e. The van der Waals surface area contributed by atoms with E-state index in [1.54, 1.807) is 18.3 Å². The summed E-state index contributed by atoms with van der Waals surface area (Å²) in [4.78, 5) is 26.3. The molecule has 0 saturated heterocycles. The fourth-order valence-electron chi connectivity index (χ4n) is 5.56. The number of carbonyl (C=O) groups excluding carboxylic acids is 2. The molecular weight excluding hydrogens is 482 g/mol. The first-order chi connectivity index (χ1) is 17.8. The third kappa shape index (κ3) is 5.60. The standard InChI is InChI=1S/C29H35N5O2S/c1-19(35)34(2)24-10-4-20(5-11-24)16-27(36)31-26-17-25(22-12-15-37-18-22)28(33-32-26)21-6-8-23(9-7-21)29(30)13-3-14-29/h6-9,12,15,17-18,20,24H,3-5,10-11,13-14,16,30H2,1-2H3,(H,31,32,36). The van der Waals surface area contributed by atoms with Gasteiger partial charge in [0.2, 0.25) is 11.8 Å². The molecule has 7 nitrogen and oxygen atoms in total. The highest BCUT2D eigenvalue weighted by Gasteiger charge is 2.34. The Morgan fingerprint density at radius 3 is 2.41 bits per heavy atom. The van der Waals surface area contributed by atoms with Gasteiger partial charge in [-0.3, -0.25) is 9.59 Å². The van der Waals surface area contributed by atoms with Crippen molar-refractivity contribution < 1.29 is 9.59 Å². The SMILES string of the molecule is CC(=O)N(C)C1CCC(CC(=O)Nc2cc(-c3ccsc3)c(-c3ccc(C4(N)CCC4)cc3)nn2)CC1. The van der Waals surface area contributed by atoms with Crippen molar-refractivity contribution in [3.05, 3.63) is 52.7 Å². The van der Waals surface area contributed by atoms with Gasteiger partial charge in [0.1, 0.15) is 5.69 Å². The largest absolute Gasteiger partial charge is 0.343 e. The van der Waals surface area contributed by atoms with Crippen LogP contribution in [0.3, 0.4) is 0 Å². The molecular formula is C29H35N5O2S. The van der Waals surface area contributed by atoms with Crippen molar-refractivity contribution in [3.63, 3.8) is 0 Å². The molecule has 194 valence electrons. The second-order valence-corrected chi connectivity index (χ2v) is 11.4. The Morgan fingerprint density at radius 2 is 1.81 bits per heavy atom. The van der Waals surface area contributed by atoms with Crippen LogP contribution in [-0.2, 0) is 15.1 Å². The van der Waals surface area contributed by atoms with E-state index in [9.17, 15) is 9.59 Å². The van der Waals surface area contributed by atoms with Crippen molar-refractivity contribution in [2.24, 2.45) is 11.7 Å². The highest BCUT2D eigenvalue weighted by atomic mass is 32.1. The number of amides is 2. The van der Waals surface area contributed by atoms with Crippen molar-refractivity contribution in [2.75, 3.05) is 12.4 Å². The van der Waals surface area contributed by atoms with Crippen LogP contribution in [0.25, 0.3) is 22.4 Å². The van der Waals surface area contributed by atoms with E-state index in [0.29, 0.717) is 18.2 Å². The molecule has 0 aliphatic heterocycles. The van der Waals surface area contributed by atoms with Gasteiger partial charge in [-0.25, -0.2) is 0 Å². The summed E-state index contributed by atoms with van der Waals surface area (Å²) in [6, 6.07) is 12.6. The lowest BCUT2D eigenvalue weighted by molar-refractivity contribution is -0.130. The van der Waals surface area contributed by atoms with E-state index in [4.69, 9.17) is 5.73 Å². The number of anilines is 1. The average molecular weight is 518 g/mol. The van der Waals surface area contributed by atoms with Gasteiger partial charge in [-0.1, -0.05) is 24.3 Å². The Hall–Kier alpha value is -3.10. The summed E-state index contributed by atoms with van der Waals surface area (Å²) in [5, 5.41) is 16.0. The predicted molar refractivity (Wildman–Crippen MR) is 148 cm³/mol. The smallest absolute Gasteiger partial charge is 0.225 e. The van der Waals surface area contributed by atoms with Crippen LogP contribution in [0, 0.1) is 5.92 Å². The number of aromatic nitrogens is 2. The second-order valence-electron chi connectivity index (χ2n) is 10.6. The van der Waals surface area contributed by atoms with Gasteiger partial charge in [0.05, 0.1) is 0 Å². The number of nitrogens with zero attached hydrogens (tertiary/aromatic N) is 3. The fraction of sp³-hybridized carbons (Fsp3) is 0.448. The van der Waals surface area contributed by atoms with Crippen LogP contribution in [0.5, 0.6) is 0 Å². The number of benzene rings is 1. The monoisotopic (exact) mass is 517 g/mol. The molecule has 5 rings (SSSR count). The maximum atomic E-state index is 12.9. The lowest BCUT2D eigenvalue weighted by Crippen LogP contribution is -2.43. The van der Waals surface area contributed by atoms with E-state index in [-0.39, 0.29) is 23.4 Å². The van der Waals surface area contributed by atoms with Crippen molar-refractivity contribution in [1.29, 1.82) is 0 Å². The normalized spacial score (nSPS) is 20.6. The molecule has 2 amide bonds. The van der Waals surface area contributed by atoms with E-state index in [2.05, 4.69) is 51.2 Å². The first-order valence-electron chi connectivity index (χ1n) is 13.2. The number of rotatable bonds is 7. The summed E-state index contributed by atoms with van der Waals surface area (Å²) in [5.41, 5.74) is 11.2. The first kappa shape index (κ1) is 25.5. The van der Waals surface area contributed by atoms with Crippen LogP contribution in [-0.4, -0.2) is 40.0 Å². The number of nitrogens with one attached hydrogen (secondary N) is 1. The summed E-state index contributed by atoms with van der Waals surface area (Å²) in [7, 11) is 1.87. The fourth-order valence-corrected chi connectivity index (χ4v) is 6.22. The molecule has 0 unspecified atom stereocenters. The molecule has 0 spiro atoms. The number of nitrogens with two attached hydrogens (primary N) is 1. The van der Waals surface area contributed by atoms with E-state index >= 15 is 0 Å². The third-order valence-electron chi connectivity index (χ3n) is 8.21. The van der Waals surface area contributed by atoms with Gasteiger partial charge in [0.15, 0.2) is 5.82 Å². The molecule has 2 heterocycles. The first-order valence-corrected chi connectivity index (χ1v) is 14.1. The number of hydrogen-bond donors (Lipinski definition) is 2. The Bertz CT molecular complexity index is 1250. The van der Waals surface area contributed by atoms with Crippen LogP contribution in [0.1, 0.15) is 63.9 Å². The quantitative estimate of drug-likeness (QED) is 0.426. The zero-order chi connectivity index (χ0) is 26.0. The van der Waals surface area contributed by atoms with Crippen molar-refractivity contribution >= 4 is 29.0 Å². The molecule has 0 atom stereocenters. The third-order valence-corrected chi connectivity index (χ3v) is 8.89. The number of hydrogen-bond acceptors (Lipinski definition) is 6. The van der Waals surface area contributed by atoms with Crippen LogP contribution in [0.2, 0.25) is 0 Å². The maximum absolute atomic E-state index is 12.9. The van der Waals surface area contributed by atoms with Crippen molar-refractivity contribution in [1.82, 2.24) is 15.1 Å². The van der Waals surface area contributed by atoms with Crippen LogP contribution < -0.4 is 11.1 Å². The van der Waals surface area contributed by atoms with Gasteiger partial charge in [-0.2, -0.15) is 11.3 Å². The molecule has 3 N–H and O–H groups in total. The maximum Gasteiger partial charge on any atom is 0.225 e. The number of carbonyl (C=O) groups is 2. The zero-order valence-electron chi connectivity index (χ0n) is 21.6. The molecule has 1 aromatic carbocycles. The Balaban J connectivity index is 1.28. The van der Waals surface area contributed by atoms with Crippen molar-refractivity contribution in [2.45, 2.75) is 69.9 Å². The molecule has 0 radical (unpaired) electrons. The Labute approximate surface area is 222 Å². The van der Waals surface area contributed by atoms with E-state index in [1.807, 2.05) is 23.4 Å². The molecule has 2 aliphatic rings. The summed E-state index contributed by atoms with van der Waals surface area (Å²) in [6.45, 7) is 1.61. The minimum atomic E-state index is -0.197. The predicted octanol–water partition coefficient (Wildman–Crippen LogP) is 5.58. The lowest BCUT2D eigenvalue weighted by atomic mass is 9.72. The summed E-state index contributed by atoms with van der Waals surface area (Å²) in [6.07, 6.45) is 7.45. The van der Waals surface area contributed by atoms with Gasteiger partial charge in [0, 0.05) is 43.1 Å². The van der Waals surface area contributed by atoms with Gasteiger partial charge in [0.25, 0.3) is 0 Å². The van der Waals surface area contributed by atoms with Crippen LogP contribution >= 0.6 is 11.3 Å². The summed E-state index contributed by atoms with van der Waals surface area (Å²) >= 11 is 1.62.